The summed E-state index contributed by atoms with van der Waals surface area (Å²) >= 11 is 3.46. The molecule has 0 aliphatic rings. The molecule has 2 aromatic carbocycles. The van der Waals surface area contributed by atoms with Crippen LogP contribution in [0, 0.1) is 5.92 Å². The van der Waals surface area contributed by atoms with Gasteiger partial charge in [0, 0.05) is 15.4 Å². The molecule has 0 radical (unpaired) electrons. The molecule has 26 heavy (non-hydrogen) atoms. The minimum atomic E-state index is -0.334. The van der Waals surface area contributed by atoms with Gasteiger partial charge in [0.2, 0.25) is 0 Å². The van der Waals surface area contributed by atoms with Crippen LogP contribution >= 0.6 is 15.9 Å². The third-order valence-corrected chi connectivity index (χ3v) is 4.42. The number of aromatic nitrogens is 1. The van der Waals surface area contributed by atoms with Gasteiger partial charge in [-0.2, -0.15) is 0 Å². The molecule has 0 atom stereocenters. The van der Waals surface area contributed by atoms with Crippen molar-refractivity contribution in [2.24, 2.45) is 5.92 Å². The van der Waals surface area contributed by atoms with E-state index in [1.165, 1.54) is 0 Å². The first kappa shape index (κ1) is 18.4. The van der Waals surface area contributed by atoms with E-state index in [1.54, 1.807) is 13.2 Å². The molecule has 0 N–H and O–H groups in total. The van der Waals surface area contributed by atoms with Gasteiger partial charge in [0.15, 0.2) is 0 Å². The van der Waals surface area contributed by atoms with Crippen LogP contribution in [-0.2, 0) is 4.74 Å². The van der Waals surface area contributed by atoms with Crippen molar-refractivity contribution in [3.8, 4) is 17.0 Å². The Hall–Kier alpha value is -2.40. The topological polar surface area (TPSA) is 48.4 Å². The van der Waals surface area contributed by atoms with Gasteiger partial charge in [-0.05, 0) is 54.4 Å². The molecule has 3 rings (SSSR count). The zero-order valence-corrected chi connectivity index (χ0v) is 16.5. The fourth-order valence-corrected chi connectivity index (χ4v) is 2.96. The molecule has 5 heteroatoms. The van der Waals surface area contributed by atoms with Crippen molar-refractivity contribution in [2.75, 3.05) is 13.7 Å². The van der Waals surface area contributed by atoms with E-state index in [4.69, 9.17) is 14.5 Å². The van der Waals surface area contributed by atoms with Gasteiger partial charge in [0.25, 0.3) is 0 Å². The monoisotopic (exact) mass is 413 g/mol. The Morgan fingerprint density at radius 1 is 1.12 bits per heavy atom. The van der Waals surface area contributed by atoms with Crippen LogP contribution in [0.1, 0.15) is 24.2 Å². The zero-order valence-electron chi connectivity index (χ0n) is 15.0. The van der Waals surface area contributed by atoms with E-state index in [1.807, 2.05) is 56.3 Å². The van der Waals surface area contributed by atoms with Crippen molar-refractivity contribution in [1.29, 1.82) is 0 Å². The lowest BCUT2D eigenvalue weighted by Crippen LogP contribution is -2.11. The molecule has 4 nitrogen and oxygen atoms in total. The number of fused-ring (bicyclic) bond motifs is 1. The predicted octanol–water partition coefficient (Wildman–Crippen LogP) is 5.49. The SMILES string of the molecule is COc1ccc(-c2cc(C(=O)OCC(C)C)c3cc(Br)ccc3n2)cc1. The molecule has 0 saturated heterocycles. The van der Waals surface area contributed by atoms with Crippen molar-refractivity contribution in [3.63, 3.8) is 0 Å². The second-order valence-electron chi connectivity index (χ2n) is 6.44. The number of benzene rings is 2. The quantitative estimate of drug-likeness (QED) is 0.519. The smallest absolute Gasteiger partial charge is 0.338 e. The van der Waals surface area contributed by atoms with Crippen LogP contribution < -0.4 is 4.74 Å². The first-order valence-corrected chi connectivity index (χ1v) is 9.19. The normalized spacial score (nSPS) is 11.0. The van der Waals surface area contributed by atoms with Gasteiger partial charge < -0.3 is 9.47 Å². The first-order valence-electron chi connectivity index (χ1n) is 8.40. The highest BCUT2D eigenvalue weighted by atomic mass is 79.9. The lowest BCUT2D eigenvalue weighted by Gasteiger charge is -2.12. The molecular weight excluding hydrogens is 394 g/mol. The minimum Gasteiger partial charge on any atom is -0.497 e. The Morgan fingerprint density at radius 2 is 1.85 bits per heavy atom. The third kappa shape index (κ3) is 4.05. The fourth-order valence-electron chi connectivity index (χ4n) is 2.60. The molecule has 0 amide bonds. The van der Waals surface area contributed by atoms with E-state index < -0.39 is 0 Å². The van der Waals surface area contributed by atoms with E-state index in [9.17, 15) is 4.79 Å². The Morgan fingerprint density at radius 3 is 2.50 bits per heavy atom. The van der Waals surface area contributed by atoms with Crippen LogP contribution in [-0.4, -0.2) is 24.7 Å². The lowest BCUT2D eigenvalue weighted by molar-refractivity contribution is 0.0461. The molecule has 134 valence electrons. The summed E-state index contributed by atoms with van der Waals surface area (Å²) in [5.74, 6) is 0.717. The van der Waals surface area contributed by atoms with Crippen molar-refractivity contribution in [3.05, 3.63) is 58.6 Å². The van der Waals surface area contributed by atoms with E-state index in [0.29, 0.717) is 12.2 Å². The number of ether oxygens (including phenoxy) is 2. The lowest BCUT2D eigenvalue weighted by atomic mass is 10.0. The highest BCUT2D eigenvalue weighted by Gasteiger charge is 2.16. The number of nitrogens with zero attached hydrogens (tertiary/aromatic N) is 1. The number of esters is 1. The average Bonchev–Trinajstić information content (AvgIpc) is 2.65. The second kappa shape index (κ2) is 7.87. The number of carbonyl (C=O) groups excluding carboxylic acids is 1. The summed E-state index contributed by atoms with van der Waals surface area (Å²) in [6, 6.07) is 15.1. The van der Waals surface area contributed by atoms with Crippen LogP contribution in [0.5, 0.6) is 5.75 Å². The molecule has 0 spiro atoms. The molecular formula is C21H20BrNO3. The van der Waals surface area contributed by atoms with E-state index in [0.717, 1.165) is 32.4 Å². The number of hydrogen-bond donors (Lipinski definition) is 0. The van der Waals surface area contributed by atoms with Gasteiger partial charge in [0.05, 0.1) is 30.5 Å². The number of rotatable bonds is 5. The van der Waals surface area contributed by atoms with Crippen LogP contribution in [0.3, 0.4) is 0 Å². The summed E-state index contributed by atoms with van der Waals surface area (Å²) in [7, 11) is 1.63. The maximum atomic E-state index is 12.7. The van der Waals surface area contributed by atoms with Crippen molar-refractivity contribution < 1.29 is 14.3 Å². The predicted molar refractivity (Wildman–Crippen MR) is 107 cm³/mol. The van der Waals surface area contributed by atoms with Gasteiger partial charge in [-0.25, -0.2) is 9.78 Å². The number of carbonyl (C=O) groups is 1. The Bertz CT molecular complexity index is 936. The summed E-state index contributed by atoms with van der Waals surface area (Å²) in [5.41, 5.74) is 2.90. The number of hydrogen-bond acceptors (Lipinski definition) is 4. The summed E-state index contributed by atoms with van der Waals surface area (Å²) in [5, 5.41) is 0.769. The van der Waals surface area contributed by atoms with E-state index in [-0.39, 0.29) is 11.9 Å². The molecule has 0 aliphatic carbocycles. The summed E-state index contributed by atoms with van der Waals surface area (Å²) in [6.07, 6.45) is 0. The van der Waals surface area contributed by atoms with Crippen molar-refractivity contribution in [2.45, 2.75) is 13.8 Å². The zero-order chi connectivity index (χ0) is 18.7. The van der Waals surface area contributed by atoms with Crippen LogP contribution in [0.4, 0.5) is 0 Å². The molecule has 0 bridgehead atoms. The minimum absolute atomic E-state index is 0.278. The number of pyridine rings is 1. The van der Waals surface area contributed by atoms with Crippen LogP contribution in [0.15, 0.2) is 53.0 Å². The van der Waals surface area contributed by atoms with Gasteiger partial charge in [0.1, 0.15) is 5.75 Å². The standard InChI is InChI=1S/C21H20BrNO3/c1-13(2)12-26-21(24)18-11-20(14-4-7-16(25-3)8-5-14)23-19-9-6-15(22)10-17(18)19/h4-11,13H,12H2,1-3H3. The molecule has 0 unspecified atom stereocenters. The molecule has 1 heterocycles. The van der Waals surface area contributed by atoms with E-state index in [2.05, 4.69) is 15.9 Å². The van der Waals surface area contributed by atoms with Crippen molar-refractivity contribution in [1.82, 2.24) is 4.98 Å². The second-order valence-corrected chi connectivity index (χ2v) is 7.35. The molecule has 0 saturated carbocycles. The summed E-state index contributed by atoms with van der Waals surface area (Å²) in [4.78, 5) is 17.4. The number of halogens is 1. The Labute approximate surface area is 161 Å². The first-order chi connectivity index (χ1) is 12.5. The van der Waals surface area contributed by atoms with Gasteiger partial charge in [-0.1, -0.05) is 29.8 Å². The molecule has 0 fully saturated rings. The van der Waals surface area contributed by atoms with Crippen LogP contribution in [0.25, 0.3) is 22.2 Å². The maximum Gasteiger partial charge on any atom is 0.338 e. The Kier molecular flexibility index (Phi) is 5.57. The van der Waals surface area contributed by atoms with Crippen LogP contribution in [0.2, 0.25) is 0 Å². The van der Waals surface area contributed by atoms with Crippen molar-refractivity contribution >= 4 is 32.8 Å². The van der Waals surface area contributed by atoms with Gasteiger partial charge >= 0.3 is 5.97 Å². The molecule has 3 aromatic rings. The van der Waals surface area contributed by atoms with Gasteiger partial charge in [-0.3, -0.25) is 0 Å². The fraction of sp³-hybridized carbons (Fsp3) is 0.238. The largest absolute Gasteiger partial charge is 0.497 e. The third-order valence-electron chi connectivity index (χ3n) is 3.92. The molecule has 0 aliphatic heterocycles. The average molecular weight is 414 g/mol. The summed E-state index contributed by atoms with van der Waals surface area (Å²) in [6.45, 7) is 4.41. The summed E-state index contributed by atoms with van der Waals surface area (Å²) < 4.78 is 11.6. The van der Waals surface area contributed by atoms with Gasteiger partial charge in [-0.15, -0.1) is 0 Å². The molecule has 1 aromatic heterocycles. The highest BCUT2D eigenvalue weighted by molar-refractivity contribution is 9.10. The maximum absolute atomic E-state index is 12.7. The van der Waals surface area contributed by atoms with E-state index >= 15 is 0 Å². The Balaban J connectivity index is 2.10. The number of methoxy groups -OCH3 is 1. The highest BCUT2D eigenvalue weighted by Crippen LogP contribution is 2.28.